The van der Waals surface area contributed by atoms with Gasteiger partial charge < -0.3 is 15.0 Å². The number of rotatable bonds is 8. The van der Waals surface area contributed by atoms with Gasteiger partial charge in [-0.1, -0.05) is 54.6 Å². The van der Waals surface area contributed by atoms with Crippen LogP contribution in [0.4, 0.5) is 5.69 Å². The highest BCUT2D eigenvalue weighted by Crippen LogP contribution is 2.29. The van der Waals surface area contributed by atoms with Crippen LogP contribution in [0, 0.1) is 0 Å². The quantitative estimate of drug-likeness (QED) is 0.326. The van der Waals surface area contributed by atoms with E-state index in [9.17, 15) is 18.3 Å². The first-order valence-electron chi connectivity index (χ1n) is 11.8. The zero-order valence-electron chi connectivity index (χ0n) is 19.5. The molecular weight excluding hydrogens is 474 g/mol. The number of hydrogen-bond acceptors (Lipinski definition) is 4. The highest BCUT2D eigenvalue weighted by Gasteiger charge is 2.27. The lowest BCUT2D eigenvalue weighted by Crippen LogP contribution is -2.42. The lowest BCUT2D eigenvalue weighted by atomic mass is 9.93. The molecule has 0 spiro atoms. The normalized spacial score (nSPS) is 16.8. The number of allylic oxidation sites excluding steroid dienone is 1. The topological polar surface area (TPSA) is 102 Å². The number of fused-ring (bicyclic) bond motifs is 1. The summed E-state index contributed by atoms with van der Waals surface area (Å²) in [4.78, 5) is 17.1. The van der Waals surface area contributed by atoms with E-state index in [2.05, 4.69) is 32.8 Å². The number of benzene rings is 3. The van der Waals surface area contributed by atoms with Crippen LogP contribution in [0.5, 0.6) is 0 Å². The minimum atomic E-state index is -4.03. The fraction of sp³-hybridized carbons (Fsp3) is 0.179. The minimum absolute atomic E-state index is 0.0256. The molecule has 1 unspecified atom stereocenters. The van der Waals surface area contributed by atoms with Crippen LogP contribution in [-0.2, 0) is 21.2 Å². The largest absolute Gasteiger partial charge is 0.480 e. The molecule has 3 aromatic carbocycles. The van der Waals surface area contributed by atoms with Crippen molar-refractivity contribution < 1.29 is 18.3 Å². The molecule has 5 rings (SSSR count). The number of carbonyl (C=O) groups is 1. The Kier molecular flexibility index (Phi) is 6.63. The van der Waals surface area contributed by atoms with Crippen molar-refractivity contribution in [3.63, 3.8) is 0 Å². The van der Waals surface area contributed by atoms with Crippen LogP contribution in [0.1, 0.15) is 23.5 Å². The molecule has 1 aromatic heterocycles. The first-order chi connectivity index (χ1) is 17.4. The average molecular weight is 502 g/mol. The number of aliphatic carboxylic acids is 1. The number of carboxylic acid groups (broad SMARTS) is 1. The SMILES string of the molecule is O=C(O)[C@@H](Cc1c[nH]c2ccccc12)NS(=O)(=O)c1ccc(N2C=CC(c3ccccc3)CC2)cc1. The van der Waals surface area contributed by atoms with Gasteiger partial charge in [0, 0.05) is 47.9 Å². The Morgan fingerprint density at radius 3 is 2.44 bits per heavy atom. The van der Waals surface area contributed by atoms with E-state index in [0.29, 0.717) is 5.92 Å². The highest BCUT2D eigenvalue weighted by atomic mass is 32.2. The molecule has 2 atom stereocenters. The van der Waals surface area contributed by atoms with Crippen LogP contribution in [0.15, 0.2) is 102 Å². The molecule has 0 saturated carbocycles. The standard InChI is InChI=1S/C28H27N3O4S/c32-28(33)27(18-22-19-29-26-9-5-4-8-25(22)26)30-36(34,35)24-12-10-23(11-13-24)31-16-14-21(15-17-31)20-6-2-1-3-7-20/h1-14,16,19,21,27,29-30H,15,17-18H2,(H,32,33)/t21?,27-/m1/s1. The zero-order chi connectivity index (χ0) is 25.1. The lowest BCUT2D eigenvalue weighted by Gasteiger charge is -2.28. The number of H-pyrrole nitrogens is 1. The van der Waals surface area contributed by atoms with Gasteiger partial charge in [0.15, 0.2) is 0 Å². The van der Waals surface area contributed by atoms with Crippen molar-refractivity contribution in [2.75, 3.05) is 11.4 Å². The molecule has 1 aliphatic heterocycles. The summed E-state index contributed by atoms with van der Waals surface area (Å²) in [5, 5.41) is 10.6. The van der Waals surface area contributed by atoms with Crippen molar-refractivity contribution in [2.24, 2.45) is 0 Å². The first kappa shape index (κ1) is 23.8. The van der Waals surface area contributed by atoms with E-state index < -0.39 is 22.0 Å². The number of para-hydroxylation sites is 1. The van der Waals surface area contributed by atoms with Gasteiger partial charge in [0.25, 0.3) is 0 Å². The van der Waals surface area contributed by atoms with Gasteiger partial charge in [-0.2, -0.15) is 4.72 Å². The number of hydrogen-bond donors (Lipinski definition) is 3. The second-order valence-corrected chi connectivity index (χ2v) is 10.6. The predicted octanol–water partition coefficient (Wildman–Crippen LogP) is 4.65. The molecule has 8 heteroatoms. The second-order valence-electron chi connectivity index (χ2n) is 8.91. The lowest BCUT2D eigenvalue weighted by molar-refractivity contribution is -0.138. The van der Waals surface area contributed by atoms with E-state index >= 15 is 0 Å². The van der Waals surface area contributed by atoms with Gasteiger partial charge in [0.2, 0.25) is 10.0 Å². The van der Waals surface area contributed by atoms with Crippen LogP contribution in [-0.4, -0.2) is 37.1 Å². The smallest absolute Gasteiger partial charge is 0.322 e. The predicted molar refractivity (Wildman–Crippen MR) is 140 cm³/mol. The summed E-state index contributed by atoms with van der Waals surface area (Å²) >= 11 is 0. The van der Waals surface area contributed by atoms with E-state index in [1.54, 1.807) is 18.3 Å². The monoisotopic (exact) mass is 501 g/mol. The Morgan fingerprint density at radius 1 is 1.03 bits per heavy atom. The molecule has 36 heavy (non-hydrogen) atoms. The molecular formula is C28H27N3O4S. The summed E-state index contributed by atoms with van der Waals surface area (Å²) in [6, 6.07) is 23.1. The van der Waals surface area contributed by atoms with Gasteiger partial charge in [-0.15, -0.1) is 0 Å². The molecule has 0 radical (unpaired) electrons. The third-order valence-corrected chi connectivity index (χ3v) is 8.07. The van der Waals surface area contributed by atoms with Crippen molar-refractivity contribution in [1.82, 2.24) is 9.71 Å². The van der Waals surface area contributed by atoms with Crippen LogP contribution < -0.4 is 9.62 Å². The molecule has 3 N–H and O–H groups in total. The van der Waals surface area contributed by atoms with Crippen LogP contribution >= 0.6 is 0 Å². The summed E-state index contributed by atoms with van der Waals surface area (Å²) < 4.78 is 28.4. The van der Waals surface area contributed by atoms with Gasteiger partial charge in [-0.05, 0) is 47.9 Å². The molecule has 1 aliphatic rings. The maximum absolute atomic E-state index is 13.0. The van der Waals surface area contributed by atoms with E-state index in [1.165, 1.54) is 17.7 Å². The van der Waals surface area contributed by atoms with Crippen LogP contribution in [0.2, 0.25) is 0 Å². The molecule has 0 amide bonds. The molecule has 0 saturated heterocycles. The zero-order valence-corrected chi connectivity index (χ0v) is 20.4. The number of nitrogens with one attached hydrogen (secondary N) is 2. The van der Waals surface area contributed by atoms with Crippen molar-refractivity contribution in [2.45, 2.75) is 29.7 Å². The minimum Gasteiger partial charge on any atom is -0.480 e. The van der Waals surface area contributed by atoms with Gasteiger partial charge in [-0.3, -0.25) is 4.79 Å². The van der Waals surface area contributed by atoms with Gasteiger partial charge >= 0.3 is 5.97 Å². The van der Waals surface area contributed by atoms with Gasteiger partial charge in [0.1, 0.15) is 6.04 Å². The number of aromatic nitrogens is 1. The molecule has 0 bridgehead atoms. The molecule has 2 heterocycles. The Morgan fingerprint density at radius 2 is 1.75 bits per heavy atom. The second kappa shape index (κ2) is 10.0. The number of anilines is 1. The van der Waals surface area contributed by atoms with E-state index in [0.717, 1.165) is 35.1 Å². The van der Waals surface area contributed by atoms with Crippen molar-refractivity contribution in [3.8, 4) is 0 Å². The van der Waals surface area contributed by atoms with E-state index in [1.807, 2.05) is 48.7 Å². The molecule has 0 fully saturated rings. The van der Waals surface area contributed by atoms with E-state index in [4.69, 9.17) is 0 Å². The maximum Gasteiger partial charge on any atom is 0.322 e. The summed E-state index contributed by atoms with van der Waals surface area (Å²) in [7, 11) is -4.03. The first-order valence-corrected chi connectivity index (χ1v) is 13.3. The third-order valence-electron chi connectivity index (χ3n) is 6.58. The fourth-order valence-electron chi connectivity index (χ4n) is 4.62. The summed E-state index contributed by atoms with van der Waals surface area (Å²) in [6.07, 6.45) is 6.89. The Balaban J connectivity index is 1.28. The number of nitrogens with zero attached hydrogens (tertiary/aromatic N) is 1. The highest BCUT2D eigenvalue weighted by molar-refractivity contribution is 7.89. The fourth-order valence-corrected chi connectivity index (χ4v) is 5.81. The summed E-state index contributed by atoms with van der Waals surface area (Å²) in [5.41, 5.74) is 3.77. The maximum atomic E-state index is 13.0. The average Bonchev–Trinajstić information content (AvgIpc) is 3.32. The molecule has 4 aromatic rings. The number of sulfonamides is 1. The number of carboxylic acids is 1. The molecule has 0 aliphatic carbocycles. The number of aromatic amines is 1. The van der Waals surface area contributed by atoms with Gasteiger partial charge in [-0.25, -0.2) is 8.42 Å². The summed E-state index contributed by atoms with van der Waals surface area (Å²) in [5.74, 6) is -0.872. The Labute approximate surface area is 210 Å². The Hall–Kier alpha value is -3.88. The van der Waals surface area contributed by atoms with Crippen LogP contribution in [0.3, 0.4) is 0 Å². The molecule has 184 valence electrons. The van der Waals surface area contributed by atoms with Crippen molar-refractivity contribution in [3.05, 3.63) is 108 Å². The molecule has 7 nitrogen and oxygen atoms in total. The van der Waals surface area contributed by atoms with Crippen molar-refractivity contribution in [1.29, 1.82) is 0 Å². The van der Waals surface area contributed by atoms with E-state index in [-0.39, 0.29) is 11.3 Å². The van der Waals surface area contributed by atoms with Crippen molar-refractivity contribution >= 4 is 32.6 Å². The summed E-state index contributed by atoms with van der Waals surface area (Å²) in [6.45, 7) is 0.812. The Bertz CT molecular complexity index is 1490. The van der Waals surface area contributed by atoms with Crippen LogP contribution in [0.25, 0.3) is 10.9 Å². The van der Waals surface area contributed by atoms with Gasteiger partial charge in [0.05, 0.1) is 4.90 Å². The third kappa shape index (κ3) is 5.05.